The Morgan fingerprint density at radius 1 is 1.05 bits per heavy atom. The number of carbonyl (C=O) groups is 2. The molecular weight excluding hydrogens is 470 g/mol. The third-order valence-corrected chi connectivity index (χ3v) is 6.16. The van der Waals surface area contributed by atoms with Crippen molar-refractivity contribution in [2.45, 2.75) is 39.3 Å². The molecule has 37 heavy (non-hydrogen) atoms. The van der Waals surface area contributed by atoms with Crippen LogP contribution >= 0.6 is 0 Å². The summed E-state index contributed by atoms with van der Waals surface area (Å²) in [4.78, 5) is 38.4. The van der Waals surface area contributed by atoms with Crippen LogP contribution in [0.5, 0.6) is 0 Å². The number of benzene rings is 2. The Bertz CT molecular complexity index is 1470. The highest BCUT2D eigenvalue weighted by Crippen LogP contribution is 2.33. The van der Waals surface area contributed by atoms with Crippen LogP contribution in [0, 0.1) is 0 Å². The van der Waals surface area contributed by atoms with Crippen LogP contribution in [0.25, 0.3) is 22.0 Å². The number of aromatic amines is 1. The average Bonchev–Trinajstić information content (AvgIpc) is 3.24. The lowest BCUT2D eigenvalue weighted by atomic mass is 9.99. The molecule has 1 amide bonds. The van der Waals surface area contributed by atoms with E-state index < -0.39 is 17.7 Å². The van der Waals surface area contributed by atoms with E-state index in [9.17, 15) is 9.59 Å². The number of fused-ring (bicyclic) bond motifs is 3. The standard InChI is InChI=1S/C28H29N5O4/c1-28(2,3)37-27(35)31-20-7-5-6-17(12-20)18-8-9-23-21(13-18)22-16-33(11-10-24(22)32-23)26-29-14-19(15-30-26)25(34)36-4/h5-9,12-15,32H,10-11,16H2,1-4H3,(H,31,35). The molecule has 0 aliphatic carbocycles. The molecule has 0 spiro atoms. The van der Waals surface area contributed by atoms with Crippen LogP contribution in [0.1, 0.15) is 42.4 Å². The van der Waals surface area contributed by atoms with Crippen molar-refractivity contribution in [3.8, 4) is 11.1 Å². The molecule has 5 rings (SSSR count). The number of methoxy groups -OCH3 is 1. The quantitative estimate of drug-likeness (QED) is 0.366. The first kappa shape index (κ1) is 24.3. The van der Waals surface area contributed by atoms with Crippen molar-refractivity contribution in [3.63, 3.8) is 0 Å². The maximum Gasteiger partial charge on any atom is 0.412 e. The summed E-state index contributed by atoms with van der Waals surface area (Å²) in [6.45, 7) is 6.92. The molecule has 2 N–H and O–H groups in total. The van der Waals surface area contributed by atoms with E-state index in [1.165, 1.54) is 30.8 Å². The Morgan fingerprint density at radius 2 is 1.81 bits per heavy atom. The second kappa shape index (κ2) is 9.57. The fraction of sp³-hybridized carbons (Fsp3) is 0.286. The molecule has 2 aromatic heterocycles. The number of amides is 1. The molecule has 0 bridgehead atoms. The van der Waals surface area contributed by atoms with E-state index in [2.05, 4.69) is 43.4 Å². The van der Waals surface area contributed by atoms with Gasteiger partial charge in [0.1, 0.15) is 5.60 Å². The molecule has 9 heteroatoms. The summed E-state index contributed by atoms with van der Waals surface area (Å²) < 4.78 is 10.1. The first-order valence-electron chi connectivity index (χ1n) is 12.1. The maximum absolute atomic E-state index is 12.2. The lowest BCUT2D eigenvalue weighted by molar-refractivity contribution is 0.0597. The normalized spacial score (nSPS) is 13.2. The largest absolute Gasteiger partial charge is 0.465 e. The van der Waals surface area contributed by atoms with Crippen LogP contribution in [-0.2, 0) is 22.4 Å². The zero-order valence-electron chi connectivity index (χ0n) is 21.3. The highest BCUT2D eigenvalue weighted by molar-refractivity contribution is 5.91. The SMILES string of the molecule is COC(=O)c1cnc(N2CCc3[nH]c4ccc(-c5cccc(NC(=O)OC(C)(C)C)c5)cc4c3C2)nc1. The third kappa shape index (κ3) is 5.25. The predicted octanol–water partition coefficient (Wildman–Crippen LogP) is 5.32. The summed E-state index contributed by atoms with van der Waals surface area (Å²) in [6, 6.07) is 14.0. The molecule has 0 saturated carbocycles. The van der Waals surface area contributed by atoms with Gasteiger partial charge in [-0.3, -0.25) is 5.32 Å². The number of anilines is 2. The third-order valence-electron chi connectivity index (χ3n) is 6.16. The van der Waals surface area contributed by atoms with Gasteiger partial charge >= 0.3 is 12.1 Å². The van der Waals surface area contributed by atoms with E-state index in [-0.39, 0.29) is 0 Å². The van der Waals surface area contributed by atoms with Crippen molar-refractivity contribution in [2.75, 3.05) is 23.9 Å². The van der Waals surface area contributed by atoms with Gasteiger partial charge in [0.05, 0.1) is 12.7 Å². The first-order chi connectivity index (χ1) is 17.7. The fourth-order valence-electron chi connectivity index (χ4n) is 4.47. The van der Waals surface area contributed by atoms with Gasteiger partial charge in [0.25, 0.3) is 0 Å². The van der Waals surface area contributed by atoms with Gasteiger partial charge in [-0.1, -0.05) is 18.2 Å². The number of carbonyl (C=O) groups excluding carboxylic acids is 2. The summed E-state index contributed by atoms with van der Waals surface area (Å²) in [5.74, 6) is 0.117. The van der Waals surface area contributed by atoms with Crippen LogP contribution in [0.4, 0.5) is 16.4 Å². The van der Waals surface area contributed by atoms with Gasteiger partial charge < -0.3 is 19.4 Å². The number of hydrogen-bond donors (Lipinski definition) is 2. The van der Waals surface area contributed by atoms with Crippen molar-refractivity contribution >= 4 is 34.6 Å². The van der Waals surface area contributed by atoms with Crippen LogP contribution in [0.2, 0.25) is 0 Å². The summed E-state index contributed by atoms with van der Waals surface area (Å²) >= 11 is 0. The van der Waals surface area contributed by atoms with Crippen LogP contribution in [0.3, 0.4) is 0 Å². The minimum Gasteiger partial charge on any atom is -0.465 e. The Kier molecular flexibility index (Phi) is 6.29. The minimum absolute atomic E-state index is 0.323. The molecule has 1 aliphatic heterocycles. The molecule has 2 aromatic carbocycles. The predicted molar refractivity (Wildman–Crippen MR) is 142 cm³/mol. The highest BCUT2D eigenvalue weighted by Gasteiger charge is 2.23. The summed E-state index contributed by atoms with van der Waals surface area (Å²) in [7, 11) is 1.33. The Balaban J connectivity index is 1.40. The number of esters is 1. The molecule has 9 nitrogen and oxygen atoms in total. The van der Waals surface area contributed by atoms with Gasteiger partial charge in [0, 0.05) is 59.8 Å². The number of rotatable bonds is 4. The molecule has 0 fully saturated rings. The fourth-order valence-corrected chi connectivity index (χ4v) is 4.47. The number of nitrogens with zero attached hydrogens (tertiary/aromatic N) is 3. The van der Waals surface area contributed by atoms with Crippen LogP contribution < -0.4 is 10.2 Å². The molecule has 0 radical (unpaired) electrons. The molecule has 3 heterocycles. The Hall–Kier alpha value is -4.40. The number of hydrogen-bond acceptors (Lipinski definition) is 7. The van der Waals surface area contributed by atoms with Gasteiger partial charge in [-0.2, -0.15) is 0 Å². The molecule has 0 atom stereocenters. The molecule has 0 unspecified atom stereocenters. The van der Waals surface area contributed by atoms with Crippen LogP contribution in [0.15, 0.2) is 54.9 Å². The van der Waals surface area contributed by atoms with Gasteiger partial charge in [0.2, 0.25) is 5.95 Å². The molecule has 190 valence electrons. The Labute approximate surface area is 214 Å². The zero-order chi connectivity index (χ0) is 26.2. The molecule has 4 aromatic rings. The average molecular weight is 500 g/mol. The molecular formula is C28H29N5O4. The Morgan fingerprint density at radius 3 is 2.54 bits per heavy atom. The minimum atomic E-state index is -0.567. The van der Waals surface area contributed by atoms with Crippen molar-refractivity contribution < 1.29 is 19.1 Å². The summed E-state index contributed by atoms with van der Waals surface area (Å²) in [6.07, 6.45) is 3.34. The summed E-state index contributed by atoms with van der Waals surface area (Å²) in [5.41, 5.74) is 5.92. The van der Waals surface area contributed by atoms with Crippen molar-refractivity contribution in [1.29, 1.82) is 0 Å². The number of H-pyrrole nitrogens is 1. The van der Waals surface area contributed by atoms with Gasteiger partial charge in [-0.05, 0) is 56.2 Å². The topological polar surface area (TPSA) is 109 Å². The van der Waals surface area contributed by atoms with Gasteiger partial charge in [-0.25, -0.2) is 19.6 Å². The van der Waals surface area contributed by atoms with E-state index in [1.54, 1.807) is 0 Å². The van der Waals surface area contributed by atoms with Gasteiger partial charge in [-0.15, -0.1) is 0 Å². The second-order valence-corrected chi connectivity index (χ2v) is 9.99. The van der Waals surface area contributed by atoms with Crippen molar-refractivity contribution in [2.24, 2.45) is 0 Å². The number of nitrogens with one attached hydrogen (secondary N) is 2. The van der Waals surface area contributed by atoms with Crippen molar-refractivity contribution in [1.82, 2.24) is 15.0 Å². The lowest BCUT2D eigenvalue weighted by Gasteiger charge is -2.27. The first-order valence-corrected chi connectivity index (χ1v) is 12.1. The highest BCUT2D eigenvalue weighted by atomic mass is 16.6. The maximum atomic E-state index is 12.2. The smallest absolute Gasteiger partial charge is 0.412 e. The van der Waals surface area contributed by atoms with E-state index >= 15 is 0 Å². The van der Waals surface area contributed by atoms with E-state index in [0.717, 1.165) is 35.0 Å². The molecule has 1 aliphatic rings. The monoisotopic (exact) mass is 499 g/mol. The lowest BCUT2D eigenvalue weighted by Crippen LogP contribution is -2.31. The van der Waals surface area contributed by atoms with Crippen LogP contribution in [-0.4, -0.2) is 46.3 Å². The van der Waals surface area contributed by atoms with E-state index in [4.69, 9.17) is 9.47 Å². The zero-order valence-corrected chi connectivity index (χ0v) is 21.3. The molecule has 0 saturated heterocycles. The second-order valence-electron chi connectivity index (χ2n) is 9.99. The number of aromatic nitrogens is 3. The number of ether oxygens (including phenoxy) is 2. The van der Waals surface area contributed by atoms with Crippen molar-refractivity contribution in [3.05, 3.63) is 71.7 Å². The van der Waals surface area contributed by atoms with E-state index in [1.807, 2.05) is 45.0 Å². The van der Waals surface area contributed by atoms with Gasteiger partial charge in [0.15, 0.2) is 0 Å². The van der Waals surface area contributed by atoms with E-state index in [0.29, 0.717) is 23.7 Å². The summed E-state index contributed by atoms with van der Waals surface area (Å²) in [5, 5.41) is 3.95.